The third-order valence-corrected chi connectivity index (χ3v) is 6.29. The van der Waals surface area contributed by atoms with Crippen LogP contribution in [0.25, 0.3) is 5.76 Å². The van der Waals surface area contributed by atoms with Crippen LogP contribution in [0.4, 0.5) is 4.39 Å². The summed E-state index contributed by atoms with van der Waals surface area (Å²) in [5.41, 5.74) is 0.574. The van der Waals surface area contributed by atoms with Gasteiger partial charge < -0.3 is 19.7 Å². The number of hydrogen-bond acceptors (Lipinski definition) is 5. The minimum absolute atomic E-state index is 0.0609. The van der Waals surface area contributed by atoms with Crippen LogP contribution in [0.2, 0.25) is 0 Å². The lowest BCUT2D eigenvalue weighted by molar-refractivity contribution is -0.695. The molecule has 0 radical (unpaired) electrons. The number of Topliss-reactive ketones (excluding diaryl/α,β-unsaturated/α-hetero) is 1. The van der Waals surface area contributed by atoms with Crippen molar-refractivity contribution in [1.29, 1.82) is 0 Å². The molecular weight excluding hydrogens is 467 g/mol. The van der Waals surface area contributed by atoms with E-state index >= 15 is 0 Å². The molecule has 1 aliphatic heterocycles. The molecular formula is C26H27FN4O5. The molecule has 1 amide bonds. The van der Waals surface area contributed by atoms with Crippen molar-refractivity contribution in [2.24, 2.45) is 0 Å². The van der Waals surface area contributed by atoms with Crippen molar-refractivity contribution >= 4 is 23.4 Å². The Bertz CT molecular complexity index is 1340. The van der Waals surface area contributed by atoms with Crippen LogP contribution in [-0.4, -0.2) is 45.7 Å². The molecule has 9 nitrogen and oxygen atoms in total. The number of esters is 1. The summed E-state index contributed by atoms with van der Waals surface area (Å²) in [5, 5.41) is 13.8. The Morgan fingerprint density at radius 3 is 2.67 bits per heavy atom. The fourth-order valence-corrected chi connectivity index (χ4v) is 4.64. The van der Waals surface area contributed by atoms with Crippen molar-refractivity contribution in [3.63, 3.8) is 0 Å². The van der Waals surface area contributed by atoms with E-state index in [0.717, 1.165) is 0 Å². The highest BCUT2D eigenvalue weighted by Crippen LogP contribution is 2.40. The van der Waals surface area contributed by atoms with Gasteiger partial charge in [0.1, 0.15) is 23.9 Å². The molecule has 1 aromatic carbocycles. The Morgan fingerprint density at radius 1 is 1.25 bits per heavy atom. The van der Waals surface area contributed by atoms with Gasteiger partial charge in [0.2, 0.25) is 12.1 Å². The number of carbonyl (C=O) groups is 3. The second kappa shape index (κ2) is 10.2. The van der Waals surface area contributed by atoms with E-state index in [1.54, 1.807) is 39.4 Å². The number of nitrogens with zero attached hydrogens (tertiary/aromatic N) is 2. The normalized spacial score (nSPS) is 17.1. The third-order valence-electron chi connectivity index (χ3n) is 6.29. The highest BCUT2D eigenvalue weighted by Gasteiger charge is 2.45. The van der Waals surface area contributed by atoms with Crippen LogP contribution in [0.3, 0.4) is 0 Å². The van der Waals surface area contributed by atoms with Crippen LogP contribution >= 0.6 is 0 Å². The van der Waals surface area contributed by atoms with Crippen molar-refractivity contribution in [2.75, 3.05) is 13.2 Å². The number of halogens is 1. The number of carbonyl (C=O) groups excluding carboxylic acids is 3. The zero-order chi connectivity index (χ0) is 26.0. The lowest BCUT2D eigenvalue weighted by atomic mass is 9.93. The first-order valence-electron chi connectivity index (χ1n) is 11.7. The maximum atomic E-state index is 15.0. The number of hydrogen-bond donors (Lipinski definition) is 2. The Labute approximate surface area is 207 Å². The van der Waals surface area contributed by atoms with Crippen molar-refractivity contribution in [3.8, 4) is 0 Å². The minimum Gasteiger partial charge on any atom is -0.872 e. The molecule has 1 saturated heterocycles. The maximum absolute atomic E-state index is 15.0. The summed E-state index contributed by atoms with van der Waals surface area (Å²) >= 11 is 0. The second-order valence-electron chi connectivity index (χ2n) is 8.54. The number of aromatic nitrogens is 3. The number of imidazole rings is 1. The van der Waals surface area contributed by atoms with Gasteiger partial charge in [0.05, 0.1) is 19.2 Å². The monoisotopic (exact) mass is 494 g/mol. The van der Waals surface area contributed by atoms with Crippen LogP contribution in [0.15, 0.2) is 48.6 Å². The molecule has 0 aliphatic carbocycles. The van der Waals surface area contributed by atoms with Crippen LogP contribution in [0, 0.1) is 19.7 Å². The number of ketones is 1. The van der Waals surface area contributed by atoms with Gasteiger partial charge >= 0.3 is 5.97 Å². The quantitative estimate of drug-likeness (QED) is 0.163. The summed E-state index contributed by atoms with van der Waals surface area (Å²) in [6, 6.07) is 4.60. The molecule has 4 rings (SSSR count). The largest absolute Gasteiger partial charge is 0.872 e. The summed E-state index contributed by atoms with van der Waals surface area (Å²) < 4.78 is 21.9. The SMILES string of the molecule is CCOC(=O)c1[nH]c(C)c(/C([O-])=C2\C(=O)C(=O)N(CCC[n+]3cc[nH]c3)C2c2ccccc2F)c1C. The molecule has 3 aromatic rings. The van der Waals surface area contributed by atoms with E-state index in [0.29, 0.717) is 24.2 Å². The van der Waals surface area contributed by atoms with Gasteiger partial charge in [-0.25, -0.2) is 13.8 Å². The fourth-order valence-electron chi connectivity index (χ4n) is 4.64. The molecule has 1 aliphatic rings. The summed E-state index contributed by atoms with van der Waals surface area (Å²) in [4.78, 5) is 45.7. The van der Waals surface area contributed by atoms with E-state index < -0.39 is 35.3 Å². The molecule has 2 N–H and O–H groups in total. The molecule has 0 saturated carbocycles. The van der Waals surface area contributed by atoms with Crippen molar-refractivity contribution in [1.82, 2.24) is 14.9 Å². The number of nitrogens with one attached hydrogen (secondary N) is 2. The fraction of sp³-hybridized carbons (Fsp3) is 0.308. The molecule has 3 heterocycles. The van der Waals surface area contributed by atoms with Crippen molar-refractivity contribution in [2.45, 2.75) is 39.8 Å². The number of amides is 1. The third kappa shape index (κ3) is 4.41. The number of H-pyrrole nitrogens is 2. The summed E-state index contributed by atoms with van der Waals surface area (Å²) in [6.07, 6.45) is 5.81. The van der Waals surface area contributed by atoms with Gasteiger partial charge in [-0.2, -0.15) is 0 Å². The predicted octanol–water partition coefficient (Wildman–Crippen LogP) is 1.88. The number of aryl methyl sites for hydroxylation is 2. The lowest BCUT2D eigenvalue weighted by Crippen LogP contribution is -2.36. The van der Waals surface area contributed by atoms with Gasteiger partial charge in [-0.15, -0.1) is 0 Å². The topological polar surface area (TPSA) is 122 Å². The van der Waals surface area contributed by atoms with E-state index in [9.17, 15) is 23.9 Å². The Hall–Kier alpha value is -4.21. The molecule has 0 bridgehead atoms. The van der Waals surface area contributed by atoms with Gasteiger partial charge in [-0.05, 0) is 38.0 Å². The van der Waals surface area contributed by atoms with Gasteiger partial charge in [-0.1, -0.05) is 24.0 Å². The van der Waals surface area contributed by atoms with Crippen molar-refractivity contribution in [3.05, 3.63) is 82.5 Å². The lowest BCUT2D eigenvalue weighted by Gasteiger charge is -2.28. The van der Waals surface area contributed by atoms with E-state index in [1.807, 2.05) is 10.8 Å². The molecule has 1 atom stereocenters. The van der Waals surface area contributed by atoms with Gasteiger partial charge in [0, 0.05) is 29.8 Å². The van der Waals surface area contributed by atoms with Crippen LogP contribution < -0.4 is 9.67 Å². The van der Waals surface area contributed by atoms with E-state index in [2.05, 4.69) is 9.97 Å². The Morgan fingerprint density at radius 2 is 2.00 bits per heavy atom. The van der Waals surface area contributed by atoms with Crippen LogP contribution in [0.5, 0.6) is 0 Å². The molecule has 188 valence electrons. The zero-order valence-corrected chi connectivity index (χ0v) is 20.3. The number of likely N-dealkylation sites (tertiary alicyclic amines) is 1. The Kier molecular flexibility index (Phi) is 7.05. The second-order valence-corrected chi connectivity index (χ2v) is 8.54. The minimum atomic E-state index is -1.19. The zero-order valence-electron chi connectivity index (χ0n) is 20.3. The highest BCUT2D eigenvalue weighted by molar-refractivity contribution is 6.46. The first-order chi connectivity index (χ1) is 17.3. The smallest absolute Gasteiger partial charge is 0.355 e. The summed E-state index contributed by atoms with van der Waals surface area (Å²) in [7, 11) is 0. The van der Waals surface area contributed by atoms with E-state index in [1.165, 1.54) is 23.1 Å². The standard InChI is InChI=1S/C26H27FN4O5/c1-4-36-26(35)21-15(2)19(16(3)29-21)23(32)20-22(17-8-5-6-9-18(17)27)31(25(34)24(20)33)12-7-11-30-13-10-28-14-30/h5-6,8-10,13-14,22H,4,7,11-12H2,1-3H3,(H2,29,32,33,35). The first kappa shape index (κ1) is 24.9. The average molecular weight is 495 g/mol. The molecule has 1 fully saturated rings. The number of ether oxygens (including phenoxy) is 1. The predicted molar refractivity (Wildman–Crippen MR) is 125 cm³/mol. The van der Waals surface area contributed by atoms with Gasteiger partial charge in [-0.3, -0.25) is 14.6 Å². The number of rotatable bonds is 8. The molecule has 36 heavy (non-hydrogen) atoms. The maximum Gasteiger partial charge on any atom is 0.355 e. The Balaban J connectivity index is 1.80. The first-order valence-corrected chi connectivity index (χ1v) is 11.7. The number of benzene rings is 1. The van der Waals surface area contributed by atoms with E-state index in [-0.39, 0.29) is 35.5 Å². The van der Waals surface area contributed by atoms with Crippen LogP contribution in [0.1, 0.15) is 52.3 Å². The molecule has 10 heteroatoms. The molecule has 0 spiro atoms. The summed E-state index contributed by atoms with van der Waals surface area (Å²) in [5.74, 6) is -3.81. The molecule has 2 aromatic heterocycles. The number of aromatic amines is 2. The summed E-state index contributed by atoms with van der Waals surface area (Å²) in [6.45, 7) is 5.65. The van der Waals surface area contributed by atoms with Crippen molar-refractivity contribution < 1.29 is 33.2 Å². The molecule has 1 unspecified atom stereocenters. The van der Waals surface area contributed by atoms with Gasteiger partial charge in [0.15, 0.2) is 0 Å². The van der Waals surface area contributed by atoms with Gasteiger partial charge in [0.25, 0.3) is 5.91 Å². The highest BCUT2D eigenvalue weighted by atomic mass is 19.1. The van der Waals surface area contributed by atoms with E-state index in [4.69, 9.17) is 4.74 Å². The average Bonchev–Trinajstić information content (AvgIpc) is 3.53. The van der Waals surface area contributed by atoms with Crippen LogP contribution in [-0.2, 0) is 20.9 Å².